The first-order valence-electron chi connectivity index (χ1n) is 5.86. The van der Waals surface area contributed by atoms with E-state index in [9.17, 15) is 0 Å². The van der Waals surface area contributed by atoms with Crippen molar-refractivity contribution in [2.24, 2.45) is 0 Å². The van der Waals surface area contributed by atoms with Crippen molar-refractivity contribution in [1.82, 2.24) is 10.3 Å². The lowest BCUT2D eigenvalue weighted by Gasteiger charge is -2.04. The largest absolute Gasteiger partial charge is 0.312 e. The number of rotatable bonds is 4. The average molecular weight is 246 g/mol. The van der Waals surface area contributed by atoms with E-state index >= 15 is 0 Å². The normalized spacial score (nSPS) is 12.6. The van der Waals surface area contributed by atoms with E-state index in [1.165, 1.54) is 21.0 Å². The summed E-state index contributed by atoms with van der Waals surface area (Å²) in [6.07, 6.45) is 2.92. The number of benzene rings is 1. The van der Waals surface area contributed by atoms with Crippen molar-refractivity contribution in [3.05, 3.63) is 51.5 Å². The van der Waals surface area contributed by atoms with E-state index in [1.54, 1.807) is 11.3 Å². The van der Waals surface area contributed by atoms with Crippen molar-refractivity contribution in [2.75, 3.05) is 7.05 Å². The fourth-order valence-electron chi connectivity index (χ4n) is 1.75. The Balaban J connectivity index is 2.11. The van der Waals surface area contributed by atoms with Crippen molar-refractivity contribution < 1.29 is 0 Å². The summed E-state index contributed by atoms with van der Waals surface area (Å²) in [4.78, 5) is 5.79. The Bertz CT molecular complexity index is 490. The van der Waals surface area contributed by atoms with Crippen LogP contribution in [0.4, 0.5) is 0 Å². The SMILES string of the molecule is CNC(C)c1cnc(Cc2cccc(C)c2)s1. The van der Waals surface area contributed by atoms with E-state index in [0.29, 0.717) is 6.04 Å². The molecule has 1 heterocycles. The Morgan fingerprint density at radius 3 is 2.94 bits per heavy atom. The highest BCUT2D eigenvalue weighted by molar-refractivity contribution is 7.11. The first kappa shape index (κ1) is 12.3. The third kappa shape index (κ3) is 3.14. The van der Waals surface area contributed by atoms with Crippen LogP contribution in [0.5, 0.6) is 0 Å². The number of aryl methyl sites for hydroxylation is 1. The Hall–Kier alpha value is -1.19. The smallest absolute Gasteiger partial charge is 0.0972 e. The first-order valence-corrected chi connectivity index (χ1v) is 6.68. The number of hydrogen-bond donors (Lipinski definition) is 1. The highest BCUT2D eigenvalue weighted by atomic mass is 32.1. The van der Waals surface area contributed by atoms with Crippen molar-refractivity contribution in [2.45, 2.75) is 26.3 Å². The van der Waals surface area contributed by atoms with Crippen LogP contribution in [0.2, 0.25) is 0 Å². The monoisotopic (exact) mass is 246 g/mol. The topological polar surface area (TPSA) is 24.9 Å². The minimum absolute atomic E-state index is 0.388. The zero-order valence-electron chi connectivity index (χ0n) is 10.5. The van der Waals surface area contributed by atoms with Gasteiger partial charge in [-0.15, -0.1) is 11.3 Å². The second-order valence-corrected chi connectivity index (χ2v) is 5.48. The molecule has 0 aliphatic carbocycles. The van der Waals surface area contributed by atoms with Gasteiger partial charge in [-0.25, -0.2) is 4.98 Å². The zero-order valence-corrected chi connectivity index (χ0v) is 11.3. The summed E-state index contributed by atoms with van der Waals surface area (Å²) in [6, 6.07) is 9.01. The molecule has 0 aliphatic heterocycles. The maximum Gasteiger partial charge on any atom is 0.0972 e. The number of nitrogens with zero attached hydrogens (tertiary/aromatic N) is 1. The number of nitrogens with one attached hydrogen (secondary N) is 1. The van der Waals surface area contributed by atoms with E-state index in [2.05, 4.69) is 48.4 Å². The van der Waals surface area contributed by atoms with Crippen LogP contribution in [0, 0.1) is 6.92 Å². The van der Waals surface area contributed by atoms with Gasteiger partial charge in [-0.2, -0.15) is 0 Å². The molecule has 0 saturated heterocycles. The zero-order chi connectivity index (χ0) is 12.3. The lowest BCUT2D eigenvalue weighted by atomic mass is 10.1. The molecule has 2 rings (SSSR count). The number of thiazole rings is 1. The van der Waals surface area contributed by atoms with Crippen LogP contribution in [0.3, 0.4) is 0 Å². The standard InChI is InChI=1S/C14H18N2S/c1-10-5-4-6-12(7-10)8-14-16-9-13(17-14)11(2)15-3/h4-7,9,11,15H,8H2,1-3H3. The molecule has 3 heteroatoms. The Morgan fingerprint density at radius 1 is 1.41 bits per heavy atom. The fourth-order valence-corrected chi connectivity index (χ4v) is 2.76. The maximum atomic E-state index is 4.49. The van der Waals surface area contributed by atoms with Crippen LogP contribution in [-0.4, -0.2) is 12.0 Å². The molecule has 1 aromatic heterocycles. The van der Waals surface area contributed by atoms with E-state index < -0.39 is 0 Å². The predicted molar refractivity (Wildman–Crippen MR) is 73.6 cm³/mol. The lowest BCUT2D eigenvalue weighted by Crippen LogP contribution is -2.10. The second-order valence-electron chi connectivity index (χ2n) is 4.33. The van der Waals surface area contributed by atoms with E-state index in [1.807, 2.05) is 13.2 Å². The molecular weight excluding hydrogens is 228 g/mol. The second kappa shape index (κ2) is 5.43. The van der Waals surface area contributed by atoms with Crippen LogP contribution < -0.4 is 5.32 Å². The van der Waals surface area contributed by atoms with Gasteiger partial charge in [-0.1, -0.05) is 29.8 Å². The summed E-state index contributed by atoms with van der Waals surface area (Å²) in [5.41, 5.74) is 2.64. The van der Waals surface area contributed by atoms with Crippen LogP contribution in [-0.2, 0) is 6.42 Å². The van der Waals surface area contributed by atoms with Gasteiger partial charge in [0, 0.05) is 23.5 Å². The Morgan fingerprint density at radius 2 is 2.24 bits per heavy atom. The molecule has 0 amide bonds. The summed E-state index contributed by atoms with van der Waals surface area (Å²) in [6.45, 7) is 4.28. The number of hydrogen-bond acceptors (Lipinski definition) is 3. The van der Waals surface area contributed by atoms with Gasteiger partial charge >= 0.3 is 0 Å². The van der Waals surface area contributed by atoms with E-state index in [4.69, 9.17) is 0 Å². The molecule has 1 unspecified atom stereocenters. The number of aromatic nitrogens is 1. The van der Waals surface area contributed by atoms with Crippen LogP contribution in [0.25, 0.3) is 0 Å². The van der Waals surface area contributed by atoms with Crippen LogP contribution in [0.1, 0.15) is 34.0 Å². The molecule has 0 radical (unpaired) electrons. The average Bonchev–Trinajstić information content (AvgIpc) is 2.76. The van der Waals surface area contributed by atoms with E-state index in [-0.39, 0.29) is 0 Å². The summed E-state index contributed by atoms with van der Waals surface area (Å²) in [5, 5.41) is 4.43. The Kier molecular flexibility index (Phi) is 3.92. The molecule has 0 bridgehead atoms. The molecule has 0 aliphatic rings. The van der Waals surface area contributed by atoms with Gasteiger partial charge < -0.3 is 5.32 Å². The summed E-state index contributed by atoms with van der Waals surface area (Å²) >= 11 is 1.79. The van der Waals surface area contributed by atoms with Gasteiger partial charge in [0.05, 0.1) is 5.01 Å². The van der Waals surface area contributed by atoms with E-state index in [0.717, 1.165) is 6.42 Å². The van der Waals surface area contributed by atoms with Crippen LogP contribution in [0.15, 0.2) is 30.5 Å². The molecule has 0 saturated carbocycles. The molecule has 90 valence electrons. The summed E-state index contributed by atoms with van der Waals surface area (Å²) in [7, 11) is 1.98. The van der Waals surface area contributed by atoms with Crippen molar-refractivity contribution in [3.8, 4) is 0 Å². The summed E-state index contributed by atoms with van der Waals surface area (Å²) in [5.74, 6) is 0. The highest BCUT2D eigenvalue weighted by Gasteiger charge is 2.08. The molecule has 17 heavy (non-hydrogen) atoms. The lowest BCUT2D eigenvalue weighted by molar-refractivity contribution is 0.662. The third-order valence-corrected chi connectivity index (χ3v) is 4.05. The fraction of sp³-hybridized carbons (Fsp3) is 0.357. The predicted octanol–water partition coefficient (Wildman–Crippen LogP) is 3.32. The molecule has 2 nitrogen and oxygen atoms in total. The quantitative estimate of drug-likeness (QED) is 0.895. The minimum atomic E-state index is 0.388. The first-order chi connectivity index (χ1) is 8.19. The molecule has 0 fully saturated rings. The van der Waals surface area contributed by atoms with Gasteiger partial charge in [0.15, 0.2) is 0 Å². The molecule has 1 atom stereocenters. The van der Waals surface area contributed by atoms with Gasteiger partial charge in [0.1, 0.15) is 0 Å². The molecule has 0 spiro atoms. The molecular formula is C14H18N2S. The molecule has 1 N–H and O–H groups in total. The minimum Gasteiger partial charge on any atom is -0.312 e. The molecule has 1 aromatic carbocycles. The van der Waals surface area contributed by atoms with Gasteiger partial charge in [0.25, 0.3) is 0 Å². The highest BCUT2D eigenvalue weighted by Crippen LogP contribution is 2.22. The van der Waals surface area contributed by atoms with Gasteiger partial charge in [-0.3, -0.25) is 0 Å². The van der Waals surface area contributed by atoms with Crippen molar-refractivity contribution in [3.63, 3.8) is 0 Å². The van der Waals surface area contributed by atoms with Crippen molar-refractivity contribution >= 4 is 11.3 Å². The third-order valence-electron chi connectivity index (χ3n) is 2.87. The van der Waals surface area contributed by atoms with Crippen LogP contribution >= 0.6 is 11.3 Å². The molecule has 2 aromatic rings. The van der Waals surface area contributed by atoms with Gasteiger partial charge in [-0.05, 0) is 26.5 Å². The summed E-state index contributed by atoms with van der Waals surface area (Å²) < 4.78 is 0. The maximum absolute atomic E-state index is 4.49. The Labute approximate surface area is 107 Å². The van der Waals surface area contributed by atoms with Gasteiger partial charge in [0.2, 0.25) is 0 Å². The van der Waals surface area contributed by atoms with Crippen molar-refractivity contribution in [1.29, 1.82) is 0 Å².